The molecule has 4 rings (SSSR count). The Hall–Kier alpha value is -2.24. The number of nitrogens with zero attached hydrogens (tertiary/aromatic N) is 1. The minimum Gasteiger partial charge on any atom is -0.355 e. The maximum Gasteiger partial charge on any atom is 0.271 e. The lowest BCUT2D eigenvalue weighted by atomic mass is 9.88. The molecule has 2 heterocycles. The summed E-state index contributed by atoms with van der Waals surface area (Å²) in [6.07, 6.45) is 2.32. The van der Waals surface area contributed by atoms with Gasteiger partial charge in [0.15, 0.2) is 0 Å². The number of aromatic nitrogens is 1. The monoisotopic (exact) mass is 411 g/mol. The van der Waals surface area contributed by atoms with Gasteiger partial charge in [-0.1, -0.05) is 30.3 Å². The summed E-state index contributed by atoms with van der Waals surface area (Å²) in [6, 6.07) is 13.3. The summed E-state index contributed by atoms with van der Waals surface area (Å²) in [7, 11) is 2.00. The maximum atomic E-state index is 14.1. The van der Waals surface area contributed by atoms with Crippen molar-refractivity contribution in [1.29, 1.82) is 0 Å². The van der Waals surface area contributed by atoms with Crippen molar-refractivity contribution in [3.05, 3.63) is 59.2 Å². The third-order valence-corrected chi connectivity index (χ3v) is 6.39. The molecule has 3 aromatic rings. The van der Waals surface area contributed by atoms with Gasteiger partial charge in [0.25, 0.3) is 5.92 Å². The summed E-state index contributed by atoms with van der Waals surface area (Å²) in [4.78, 5) is 5.95. The van der Waals surface area contributed by atoms with Gasteiger partial charge in [0.2, 0.25) is 0 Å². The number of fused-ring (bicyclic) bond motifs is 1. The van der Waals surface area contributed by atoms with Crippen LogP contribution in [0.4, 0.5) is 8.78 Å². The zero-order valence-corrected chi connectivity index (χ0v) is 18.1. The molecule has 1 saturated heterocycles. The molecule has 30 heavy (non-hydrogen) atoms. The van der Waals surface area contributed by atoms with Crippen LogP contribution in [0.25, 0.3) is 22.2 Å². The summed E-state index contributed by atoms with van der Waals surface area (Å²) < 4.78 is 28.3. The van der Waals surface area contributed by atoms with Gasteiger partial charge in [-0.15, -0.1) is 0 Å². The van der Waals surface area contributed by atoms with Gasteiger partial charge in [-0.2, -0.15) is 0 Å². The number of likely N-dealkylation sites (N-methyl/N-ethyl adjacent to an activating group) is 1. The van der Waals surface area contributed by atoms with Crippen LogP contribution in [0.15, 0.2) is 42.5 Å². The number of piperidine rings is 1. The highest BCUT2D eigenvalue weighted by atomic mass is 19.3. The van der Waals surface area contributed by atoms with Crippen LogP contribution in [0.3, 0.4) is 0 Å². The molecule has 0 saturated carbocycles. The average molecular weight is 412 g/mol. The van der Waals surface area contributed by atoms with Crippen LogP contribution in [0.2, 0.25) is 0 Å². The molecule has 160 valence electrons. The van der Waals surface area contributed by atoms with E-state index in [1.165, 1.54) is 17.2 Å². The van der Waals surface area contributed by atoms with Crippen molar-refractivity contribution < 1.29 is 8.78 Å². The van der Waals surface area contributed by atoms with Crippen LogP contribution < -0.4 is 5.32 Å². The van der Waals surface area contributed by atoms with Crippen LogP contribution in [-0.2, 0) is 5.92 Å². The third kappa shape index (κ3) is 4.28. The standard InChI is InChI=1S/C25H31F2N3/c1-17-14-19(18-8-11-30(12-9-18)13-10-28-3)15-23-21(17)16-24(29-23)20-6-4-5-7-22(20)25(2,26)27/h4-7,14-16,18,28-29H,8-13H2,1-3H3. The number of aryl methyl sites for hydroxylation is 1. The van der Waals surface area contributed by atoms with Gasteiger partial charge in [0, 0.05) is 47.7 Å². The first-order valence-corrected chi connectivity index (χ1v) is 10.8. The first-order valence-electron chi connectivity index (χ1n) is 10.8. The first kappa shape index (κ1) is 21.0. The van der Waals surface area contributed by atoms with E-state index in [1.54, 1.807) is 12.1 Å². The molecule has 1 fully saturated rings. The normalized spacial score (nSPS) is 16.4. The van der Waals surface area contributed by atoms with Gasteiger partial charge in [-0.3, -0.25) is 0 Å². The van der Waals surface area contributed by atoms with Crippen molar-refractivity contribution in [2.45, 2.75) is 38.5 Å². The molecule has 2 aromatic carbocycles. The van der Waals surface area contributed by atoms with E-state index in [2.05, 4.69) is 34.3 Å². The molecular weight excluding hydrogens is 380 g/mol. The summed E-state index contributed by atoms with van der Waals surface area (Å²) in [5.41, 5.74) is 4.97. The highest BCUT2D eigenvalue weighted by Crippen LogP contribution is 2.38. The summed E-state index contributed by atoms with van der Waals surface area (Å²) in [5, 5.41) is 4.33. The zero-order valence-electron chi connectivity index (χ0n) is 18.1. The summed E-state index contributed by atoms with van der Waals surface area (Å²) in [5.74, 6) is -2.33. The van der Waals surface area contributed by atoms with Crippen molar-refractivity contribution in [2.75, 3.05) is 33.2 Å². The fourth-order valence-corrected chi connectivity index (χ4v) is 4.69. The van der Waals surface area contributed by atoms with Gasteiger partial charge in [0.1, 0.15) is 0 Å². The molecule has 0 aliphatic carbocycles. The van der Waals surface area contributed by atoms with Gasteiger partial charge < -0.3 is 15.2 Å². The number of hydrogen-bond acceptors (Lipinski definition) is 2. The Morgan fingerprint density at radius 2 is 1.87 bits per heavy atom. The number of alkyl halides is 2. The molecule has 1 aromatic heterocycles. The van der Waals surface area contributed by atoms with Gasteiger partial charge in [0.05, 0.1) is 0 Å². The van der Waals surface area contributed by atoms with E-state index < -0.39 is 5.92 Å². The summed E-state index contributed by atoms with van der Waals surface area (Å²) in [6.45, 7) is 7.45. The zero-order chi connectivity index (χ0) is 21.3. The predicted molar refractivity (Wildman–Crippen MR) is 120 cm³/mol. The second kappa shape index (κ2) is 8.48. The molecular formula is C25H31F2N3. The van der Waals surface area contributed by atoms with Crippen LogP contribution in [0, 0.1) is 6.92 Å². The van der Waals surface area contributed by atoms with Crippen LogP contribution in [0.1, 0.15) is 42.4 Å². The van der Waals surface area contributed by atoms with Crippen LogP contribution in [0.5, 0.6) is 0 Å². The number of nitrogens with one attached hydrogen (secondary N) is 2. The highest BCUT2D eigenvalue weighted by Gasteiger charge is 2.28. The molecule has 0 bridgehead atoms. The lowest BCUT2D eigenvalue weighted by Gasteiger charge is -2.32. The molecule has 0 radical (unpaired) electrons. The second-order valence-corrected chi connectivity index (χ2v) is 8.64. The number of aromatic amines is 1. The molecule has 2 N–H and O–H groups in total. The van der Waals surface area contributed by atoms with E-state index in [4.69, 9.17) is 0 Å². The van der Waals surface area contributed by atoms with Crippen molar-refractivity contribution in [1.82, 2.24) is 15.2 Å². The number of H-pyrrole nitrogens is 1. The number of benzene rings is 2. The van der Waals surface area contributed by atoms with Crippen LogP contribution >= 0.6 is 0 Å². The van der Waals surface area contributed by atoms with Crippen molar-refractivity contribution in [2.24, 2.45) is 0 Å². The number of likely N-dealkylation sites (tertiary alicyclic amines) is 1. The minimum atomic E-state index is -2.88. The average Bonchev–Trinajstić information content (AvgIpc) is 3.17. The molecule has 5 heteroatoms. The van der Waals surface area contributed by atoms with E-state index in [0.717, 1.165) is 62.5 Å². The molecule has 0 amide bonds. The Morgan fingerprint density at radius 3 is 2.57 bits per heavy atom. The van der Waals surface area contributed by atoms with E-state index >= 15 is 0 Å². The summed E-state index contributed by atoms with van der Waals surface area (Å²) >= 11 is 0. The lowest BCUT2D eigenvalue weighted by Crippen LogP contribution is -2.37. The molecule has 0 spiro atoms. The quantitative estimate of drug-likeness (QED) is 0.549. The second-order valence-electron chi connectivity index (χ2n) is 8.64. The van der Waals surface area contributed by atoms with Gasteiger partial charge in [-0.05, 0) is 69.1 Å². The molecule has 0 unspecified atom stereocenters. The predicted octanol–water partition coefficient (Wildman–Crippen LogP) is 5.65. The molecule has 3 nitrogen and oxygen atoms in total. The lowest BCUT2D eigenvalue weighted by molar-refractivity contribution is 0.0181. The van der Waals surface area contributed by atoms with Crippen molar-refractivity contribution >= 4 is 10.9 Å². The van der Waals surface area contributed by atoms with E-state index in [9.17, 15) is 8.78 Å². The van der Waals surface area contributed by atoms with E-state index in [0.29, 0.717) is 11.5 Å². The molecule has 1 aliphatic rings. The van der Waals surface area contributed by atoms with Crippen molar-refractivity contribution in [3.63, 3.8) is 0 Å². The van der Waals surface area contributed by atoms with E-state index in [1.807, 2.05) is 19.2 Å². The number of halogens is 2. The Bertz CT molecular complexity index is 1010. The van der Waals surface area contributed by atoms with Crippen molar-refractivity contribution in [3.8, 4) is 11.3 Å². The third-order valence-electron chi connectivity index (χ3n) is 6.39. The maximum absolute atomic E-state index is 14.1. The van der Waals surface area contributed by atoms with Crippen LogP contribution in [-0.4, -0.2) is 43.1 Å². The Kier molecular flexibility index (Phi) is 5.94. The Balaban J connectivity index is 1.62. The molecule has 0 atom stereocenters. The first-order chi connectivity index (χ1) is 14.4. The van der Waals surface area contributed by atoms with Gasteiger partial charge >= 0.3 is 0 Å². The van der Waals surface area contributed by atoms with E-state index in [-0.39, 0.29) is 5.56 Å². The topological polar surface area (TPSA) is 31.1 Å². The smallest absolute Gasteiger partial charge is 0.271 e. The number of hydrogen-bond donors (Lipinski definition) is 2. The fraction of sp³-hybridized carbons (Fsp3) is 0.440. The highest BCUT2D eigenvalue weighted by molar-refractivity contribution is 5.89. The SMILES string of the molecule is CNCCN1CCC(c2cc(C)c3cc(-c4ccccc4C(C)(F)F)[nH]c3c2)CC1. The largest absolute Gasteiger partial charge is 0.355 e. The minimum absolute atomic E-state index is 0.0587. The molecule has 1 aliphatic heterocycles. The van der Waals surface area contributed by atoms with Gasteiger partial charge in [-0.25, -0.2) is 8.78 Å². The Morgan fingerprint density at radius 1 is 1.13 bits per heavy atom. The Labute approximate surface area is 177 Å². The number of rotatable bonds is 6. The fourth-order valence-electron chi connectivity index (χ4n) is 4.69.